The largest absolute Gasteiger partial charge is 0.351 e. The topological polar surface area (TPSA) is 58.3 Å². The highest BCUT2D eigenvalue weighted by molar-refractivity contribution is 5.51. The molecule has 1 aromatic heterocycles. The Morgan fingerprint density at radius 3 is 2.65 bits per heavy atom. The average molecular weight is 277 g/mol. The standard InChI is InChI=1S/C15H27N5/c1-5-13-10-19(4)7-6-8-20(13)15-14(9-16)11(2)12(3)17-18-15/h13H,5-10,16H2,1-4H3. The fraction of sp³-hybridized carbons (Fsp3) is 0.733. The molecule has 1 aliphatic heterocycles. The highest BCUT2D eigenvalue weighted by Crippen LogP contribution is 2.26. The fourth-order valence-corrected chi connectivity index (χ4v) is 2.99. The lowest BCUT2D eigenvalue weighted by atomic mass is 10.1. The summed E-state index contributed by atoms with van der Waals surface area (Å²) in [6.45, 7) is 10.1. The molecule has 1 unspecified atom stereocenters. The van der Waals surface area contributed by atoms with E-state index in [9.17, 15) is 0 Å². The summed E-state index contributed by atoms with van der Waals surface area (Å²) in [5, 5.41) is 8.80. The summed E-state index contributed by atoms with van der Waals surface area (Å²) in [6.07, 6.45) is 2.27. The zero-order chi connectivity index (χ0) is 14.7. The molecule has 1 aromatic rings. The summed E-state index contributed by atoms with van der Waals surface area (Å²) >= 11 is 0. The first-order chi connectivity index (χ1) is 9.58. The lowest BCUT2D eigenvalue weighted by molar-refractivity contribution is 0.327. The Balaban J connectivity index is 2.40. The van der Waals surface area contributed by atoms with Crippen LogP contribution in [0.15, 0.2) is 0 Å². The minimum Gasteiger partial charge on any atom is -0.351 e. The zero-order valence-electron chi connectivity index (χ0n) is 13.2. The molecule has 2 N–H and O–H groups in total. The van der Waals surface area contributed by atoms with Gasteiger partial charge in [0.1, 0.15) is 0 Å². The molecule has 1 atom stereocenters. The molecule has 1 aliphatic rings. The molecule has 0 spiro atoms. The van der Waals surface area contributed by atoms with Gasteiger partial charge < -0.3 is 15.5 Å². The van der Waals surface area contributed by atoms with Gasteiger partial charge in [0.2, 0.25) is 0 Å². The van der Waals surface area contributed by atoms with E-state index in [2.05, 4.69) is 40.9 Å². The molecule has 2 heterocycles. The Hall–Kier alpha value is -1.20. The van der Waals surface area contributed by atoms with Crippen molar-refractivity contribution in [2.24, 2.45) is 5.73 Å². The number of aromatic nitrogens is 2. The fourth-order valence-electron chi connectivity index (χ4n) is 2.99. The van der Waals surface area contributed by atoms with E-state index in [0.717, 1.165) is 49.6 Å². The van der Waals surface area contributed by atoms with Crippen molar-refractivity contribution in [3.63, 3.8) is 0 Å². The van der Waals surface area contributed by atoms with Gasteiger partial charge in [0.05, 0.1) is 5.69 Å². The smallest absolute Gasteiger partial charge is 0.156 e. The van der Waals surface area contributed by atoms with Crippen molar-refractivity contribution in [3.05, 3.63) is 16.8 Å². The van der Waals surface area contributed by atoms with E-state index < -0.39 is 0 Å². The Kier molecular flexibility index (Phi) is 4.94. The average Bonchev–Trinajstić information content (AvgIpc) is 2.63. The van der Waals surface area contributed by atoms with Crippen LogP contribution >= 0.6 is 0 Å². The first-order valence-electron chi connectivity index (χ1n) is 7.56. The molecular formula is C15H27N5. The van der Waals surface area contributed by atoms with E-state index in [1.807, 2.05) is 6.92 Å². The number of anilines is 1. The van der Waals surface area contributed by atoms with Gasteiger partial charge in [0, 0.05) is 31.2 Å². The van der Waals surface area contributed by atoms with Crippen LogP contribution in [0.1, 0.15) is 36.6 Å². The van der Waals surface area contributed by atoms with E-state index in [4.69, 9.17) is 5.73 Å². The quantitative estimate of drug-likeness (QED) is 0.906. The SMILES string of the molecule is CCC1CN(C)CCCN1c1nnc(C)c(C)c1CN. The van der Waals surface area contributed by atoms with Crippen molar-refractivity contribution in [2.45, 2.75) is 46.2 Å². The Bertz CT molecular complexity index is 460. The molecule has 112 valence electrons. The molecular weight excluding hydrogens is 250 g/mol. The molecule has 2 rings (SSSR count). The van der Waals surface area contributed by atoms with E-state index in [0.29, 0.717) is 12.6 Å². The van der Waals surface area contributed by atoms with Crippen LogP contribution in [0.3, 0.4) is 0 Å². The van der Waals surface area contributed by atoms with Crippen LogP contribution in [-0.4, -0.2) is 47.8 Å². The van der Waals surface area contributed by atoms with Crippen molar-refractivity contribution in [1.82, 2.24) is 15.1 Å². The third kappa shape index (κ3) is 2.94. The molecule has 0 saturated carbocycles. The lowest BCUT2D eigenvalue weighted by Gasteiger charge is -2.32. The van der Waals surface area contributed by atoms with Crippen LogP contribution in [0.2, 0.25) is 0 Å². The van der Waals surface area contributed by atoms with E-state index >= 15 is 0 Å². The summed E-state index contributed by atoms with van der Waals surface area (Å²) in [6, 6.07) is 0.490. The monoisotopic (exact) mass is 277 g/mol. The normalized spacial score (nSPS) is 21.1. The second-order valence-corrected chi connectivity index (χ2v) is 5.79. The van der Waals surface area contributed by atoms with Gasteiger partial charge in [-0.15, -0.1) is 5.10 Å². The van der Waals surface area contributed by atoms with Crippen molar-refractivity contribution >= 4 is 5.82 Å². The Labute approximate surface area is 122 Å². The molecule has 0 aromatic carbocycles. The van der Waals surface area contributed by atoms with E-state index in [1.165, 1.54) is 5.56 Å². The van der Waals surface area contributed by atoms with Gasteiger partial charge in [-0.05, 0) is 45.8 Å². The minimum atomic E-state index is 0.490. The van der Waals surface area contributed by atoms with Crippen LogP contribution in [-0.2, 0) is 6.54 Å². The summed E-state index contributed by atoms with van der Waals surface area (Å²) in [5.41, 5.74) is 9.29. The van der Waals surface area contributed by atoms with Crippen molar-refractivity contribution in [3.8, 4) is 0 Å². The maximum atomic E-state index is 5.98. The summed E-state index contributed by atoms with van der Waals surface area (Å²) in [4.78, 5) is 4.83. The van der Waals surface area contributed by atoms with Crippen LogP contribution in [0.4, 0.5) is 5.82 Å². The van der Waals surface area contributed by atoms with Gasteiger partial charge in [-0.1, -0.05) is 6.92 Å². The molecule has 1 saturated heterocycles. The highest BCUT2D eigenvalue weighted by atomic mass is 15.3. The minimum absolute atomic E-state index is 0.490. The lowest BCUT2D eigenvalue weighted by Crippen LogP contribution is -2.41. The molecule has 0 radical (unpaired) electrons. The highest BCUT2D eigenvalue weighted by Gasteiger charge is 2.26. The van der Waals surface area contributed by atoms with Crippen LogP contribution in [0.25, 0.3) is 0 Å². The van der Waals surface area contributed by atoms with Crippen LogP contribution in [0, 0.1) is 13.8 Å². The first kappa shape index (κ1) is 15.2. The second kappa shape index (κ2) is 6.50. The number of hydrogen-bond donors (Lipinski definition) is 1. The maximum absolute atomic E-state index is 5.98. The van der Waals surface area contributed by atoms with Gasteiger partial charge in [-0.25, -0.2) is 0 Å². The summed E-state index contributed by atoms with van der Waals surface area (Å²) in [7, 11) is 2.20. The molecule has 5 heteroatoms. The predicted molar refractivity (Wildman–Crippen MR) is 82.9 cm³/mol. The maximum Gasteiger partial charge on any atom is 0.156 e. The van der Waals surface area contributed by atoms with Gasteiger partial charge in [-0.2, -0.15) is 5.10 Å². The molecule has 5 nitrogen and oxygen atoms in total. The van der Waals surface area contributed by atoms with Gasteiger partial charge in [-0.3, -0.25) is 0 Å². The number of rotatable bonds is 3. The third-order valence-electron chi connectivity index (χ3n) is 4.41. The van der Waals surface area contributed by atoms with Gasteiger partial charge in [0.25, 0.3) is 0 Å². The first-order valence-corrected chi connectivity index (χ1v) is 7.56. The number of hydrogen-bond acceptors (Lipinski definition) is 5. The van der Waals surface area contributed by atoms with Crippen LogP contribution < -0.4 is 10.6 Å². The summed E-state index contributed by atoms with van der Waals surface area (Å²) in [5.74, 6) is 0.998. The second-order valence-electron chi connectivity index (χ2n) is 5.79. The van der Waals surface area contributed by atoms with Gasteiger partial charge >= 0.3 is 0 Å². The Morgan fingerprint density at radius 2 is 2.00 bits per heavy atom. The molecule has 0 aliphatic carbocycles. The molecule has 0 amide bonds. The van der Waals surface area contributed by atoms with E-state index in [1.54, 1.807) is 0 Å². The van der Waals surface area contributed by atoms with Gasteiger partial charge in [0.15, 0.2) is 5.82 Å². The molecule has 1 fully saturated rings. The van der Waals surface area contributed by atoms with Crippen molar-refractivity contribution in [2.75, 3.05) is 31.6 Å². The number of nitrogens with two attached hydrogens (primary N) is 1. The molecule has 20 heavy (non-hydrogen) atoms. The predicted octanol–water partition coefficient (Wildman–Crippen LogP) is 1.47. The Morgan fingerprint density at radius 1 is 1.25 bits per heavy atom. The van der Waals surface area contributed by atoms with Crippen LogP contribution in [0.5, 0.6) is 0 Å². The van der Waals surface area contributed by atoms with E-state index in [-0.39, 0.29) is 0 Å². The number of aryl methyl sites for hydroxylation is 1. The third-order valence-corrected chi connectivity index (χ3v) is 4.41. The zero-order valence-corrected chi connectivity index (χ0v) is 13.2. The number of likely N-dealkylation sites (N-methyl/N-ethyl adjacent to an activating group) is 1. The number of nitrogens with zero attached hydrogens (tertiary/aromatic N) is 4. The summed E-state index contributed by atoms with van der Waals surface area (Å²) < 4.78 is 0. The van der Waals surface area contributed by atoms with Crippen molar-refractivity contribution in [1.29, 1.82) is 0 Å². The molecule has 0 bridgehead atoms. The van der Waals surface area contributed by atoms with Crippen molar-refractivity contribution < 1.29 is 0 Å².